The molecule has 2 heterocycles. The molecule has 7 nitrogen and oxygen atoms in total. The summed E-state index contributed by atoms with van der Waals surface area (Å²) >= 11 is 1.36. The van der Waals surface area contributed by atoms with Gasteiger partial charge < -0.3 is 20.2 Å². The fourth-order valence-electron chi connectivity index (χ4n) is 3.01. The van der Waals surface area contributed by atoms with E-state index in [0.717, 1.165) is 29.7 Å². The number of anilines is 1. The average Bonchev–Trinajstić information content (AvgIpc) is 3.15. The van der Waals surface area contributed by atoms with Gasteiger partial charge in [-0.2, -0.15) is 0 Å². The molecule has 0 unspecified atom stereocenters. The molecule has 3 rings (SSSR count). The van der Waals surface area contributed by atoms with Crippen molar-refractivity contribution in [1.29, 1.82) is 0 Å². The first-order valence-corrected chi connectivity index (χ1v) is 9.14. The molecule has 0 saturated carbocycles. The van der Waals surface area contributed by atoms with E-state index in [0.29, 0.717) is 22.2 Å². The van der Waals surface area contributed by atoms with Gasteiger partial charge in [0, 0.05) is 4.88 Å². The molecule has 2 aromatic rings. The van der Waals surface area contributed by atoms with Gasteiger partial charge in [-0.1, -0.05) is 6.92 Å². The number of hydrogen-bond acceptors (Lipinski definition) is 6. The summed E-state index contributed by atoms with van der Waals surface area (Å²) in [4.78, 5) is 36.9. The molecule has 1 atom stereocenters. The first-order valence-electron chi connectivity index (χ1n) is 8.33. The van der Waals surface area contributed by atoms with Gasteiger partial charge in [0.05, 0.1) is 5.56 Å². The van der Waals surface area contributed by atoms with E-state index in [1.165, 1.54) is 17.4 Å². The van der Waals surface area contributed by atoms with Crippen molar-refractivity contribution in [2.24, 2.45) is 11.7 Å². The van der Waals surface area contributed by atoms with Gasteiger partial charge in [-0.25, -0.2) is 4.79 Å². The Bertz CT molecular complexity index is 867. The Morgan fingerprint density at radius 1 is 1.38 bits per heavy atom. The summed E-state index contributed by atoms with van der Waals surface area (Å²) in [7, 11) is 0. The predicted molar refractivity (Wildman–Crippen MR) is 96.4 cm³/mol. The number of carbonyl (C=O) groups excluding carboxylic acids is 3. The second-order valence-electron chi connectivity index (χ2n) is 6.45. The predicted octanol–water partition coefficient (Wildman–Crippen LogP) is 2.67. The van der Waals surface area contributed by atoms with Gasteiger partial charge >= 0.3 is 5.97 Å². The van der Waals surface area contributed by atoms with Crippen molar-refractivity contribution in [3.63, 3.8) is 0 Å². The second kappa shape index (κ2) is 7.33. The van der Waals surface area contributed by atoms with E-state index in [1.807, 2.05) is 0 Å². The lowest BCUT2D eigenvalue weighted by molar-refractivity contribution is -0.119. The minimum atomic E-state index is -0.720. The zero-order valence-corrected chi connectivity index (χ0v) is 15.4. The van der Waals surface area contributed by atoms with Gasteiger partial charge in [-0.15, -0.1) is 11.3 Å². The van der Waals surface area contributed by atoms with E-state index in [2.05, 4.69) is 12.2 Å². The van der Waals surface area contributed by atoms with Gasteiger partial charge in [0.2, 0.25) is 5.76 Å². The number of carbonyl (C=O) groups is 3. The maximum absolute atomic E-state index is 12.1. The summed E-state index contributed by atoms with van der Waals surface area (Å²) < 4.78 is 10.1. The van der Waals surface area contributed by atoms with E-state index in [4.69, 9.17) is 14.9 Å². The average molecular weight is 376 g/mol. The monoisotopic (exact) mass is 376 g/mol. The molecule has 3 N–H and O–H groups in total. The number of fused-ring (bicyclic) bond motifs is 1. The minimum Gasteiger partial charge on any atom is -0.454 e. The van der Waals surface area contributed by atoms with Crippen molar-refractivity contribution < 1.29 is 23.5 Å². The van der Waals surface area contributed by atoms with Crippen LogP contribution in [0.25, 0.3) is 0 Å². The number of hydrogen-bond donors (Lipinski definition) is 2. The Morgan fingerprint density at radius 3 is 2.81 bits per heavy atom. The number of ether oxygens (including phenoxy) is 1. The zero-order valence-electron chi connectivity index (χ0n) is 14.6. The number of esters is 1. The van der Waals surface area contributed by atoms with Crippen LogP contribution < -0.4 is 11.1 Å². The van der Waals surface area contributed by atoms with E-state index < -0.39 is 24.4 Å². The molecule has 0 radical (unpaired) electrons. The van der Waals surface area contributed by atoms with Crippen LogP contribution in [0.2, 0.25) is 0 Å². The smallest absolute Gasteiger partial charge is 0.374 e. The van der Waals surface area contributed by atoms with Crippen LogP contribution in [-0.4, -0.2) is 24.4 Å². The summed E-state index contributed by atoms with van der Waals surface area (Å²) in [5, 5.41) is 3.07. The molecule has 0 saturated heterocycles. The van der Waals surface area contributed by atoms with E-state index in [-0.39, 0.29) is 5.76 Å². The van der Waals surface area contributed by atoms with Gasteiger partial charge in [0.25, 0.3) is 11.8 Å². The highest BCUT2D eigenvalue weighted by molar-refractivity contribution is 7.17. The van der Waals surface area contributed by atoms with Crippen LogP contribution >= 0.6 is 11.3 Å². The third-order valence-electron chi connectivity index (χ3n) is 4.29. The third-order valence-corrected chi connectivity index (χ3v) is 5.46. The molecule has 2 aromatic heterocycles. The zero-order chi connectivity index (χ0) is 18.8. The maximum Gasteiger partial charge on any atom is 0.374 e. The number of rotatable bonds is 5. The van der Waals surface area contributed by atoms with Crippen LogP contribution in [-0.2, 0) is 22.4 Å². The van der Waals surface area contributed by atoms with E-state index >= 15 is 0 Å². The highest BCUT2D eigenvalue weighted by Crippen LogP contribution is 2.39. The van der Waals surface area contributed by atoms with Crippen molar-refractivity contribution >= 4 is 34.1 Å². The van der Waals surface area contributed by atoms with Crippen molar-refractivity contribution in [1.82, 2.24) is 0 Å². The first kappa shape index (κ1) is 18.2. The highest BCUT2D eigenvalue weighted by atomic mass is 32.1. The van der Waals surface area contributed by atoms with Crippen LogP contribution in [0, 0.1) is 12.8 Å². The fraction of sp³-hybridized carbons (Fsp3) is 0.389. The van der Waals surface area contributed by atoms with Gasteiger partial charge in [0.15, 0.2) is 6.61 Å². The van der Waals surface area contributed by atoms with Crippen LogP contribution in [0.4, 0.5) is 5.00 Å². The maximum atomic E-state index is 12.1. The van der Waals surface area contributed by atoms with E-state index in [1.54, 1.807) is 13.0 Å². The third kappa shape index (κ3) is 3.80. The number of primary amides is 1. The molecule has 0 fully saturated rings. The molecular formula is C18H20N2O5S. The standard InChI is InChI=1S/C18H20N2O5S/c1-9-3-5-11-13(7-9)26-17(15(11)16(19)22)20-14(21)8-24-18(23)12-6-4-10(2)25-12/h4,6,9H,3,5,7-8H2,1-2H3,(H2,19,22)(H,20,21)/t9-/m1/s1. The summed E-state index contributed by atoms with van der Waals surface area (Å²) in [6.45, 7) is 3.38. The van der Waals surface area contributed by atoms with Crippen LogP contribution in [0.15, 0.2) is 16.5 Å². The Morgan fingerprint density at radius 2 is 2.15 bits per heavy atom. The quantitative estimate of drug-likeness (QED) is 0.779. The van der Waals surface area contributed by atoms with Crippen molar-refractivity contribution in [2.45, 2.75) is 33.1 Å². The van der Waals surface area contributed by atoms with Crippen LogP contribution in [0.1, 0.15) is 50.5 Å². The summed E-state index contributed by atoms with van der Waals surface area (Å²) in [6.07, 6.45) is 2.62. The normalized spacial score (nSPS) is 16.0. The fourth-order valence-corrected chi connectivity index (χ4v) is 4.44. The number of nitrogens with two attached hydrogens (primary N) is 1. The number of thiophene rings is 1. The number of nitrogens with one attached hydrogen (secondary N) is 1. The Kier molecular flexibility index (Phi) is 5.13. The molecule has 1 aliphatic carbocycles. The number of amides is 2. The first-order chi connectivity index (χ1) is 12.3. The SMILES string of the molecule is Cc1ccc(C(=O)OCC(=O)Nc2sc3c(c2C(N)=O)CC[C@@H](C)C3)o1. The molecule has 1 aliphatic rings. The van der Waals surface area contributed by atoms with E-state index in [9.17, 15) is 14.4 Å². The molecule has 138 valence electrons. The van der Waals surface area contributed by atoms with Gasteiger partial charge in [0.1, 0.15) is 10.8 Å². The van der Waals surface area contributed by atoms with Crippen molar-refractivity contribution in [3.05, 3.63) is 39.7 Å². The minimum absolute atomic E-state index is 0.0358. The Hall–Kier alpha value is -2.61. The number of aryl methyl sites for hydroxylation is 1. The van der Waals surface area contributed by atoms with Crippen LogP contribution in [0.3, 0.4) is 0 Å². The Labute approximate surface area is 154 Å². The molecular weight excluding hydrogens is 356 g/mol. The summed E-state index contributed by atoms with van der Waals surface area (Å²) in [5.74, 6) is -0.670. The summed E-state index contributed by atoms with van der Waals surface area (Å²) in [5.41, 5.74) is 6.82. The van der Waals surface area contributed by atoms with Crippen molar-refractivity contribution in [2.75, 3.05) is 11.9 Å². The summed E-state index contributed by atoms with van der Waals surface area (Å²) in [6, 6.07) is 3.11. The Balaban J connectivity index is 1.67. The molecule has 2 amide bonds. The molecule has 0 aliphatic heterocycles. The lowest BCUT2D eigenvalue weighted by Crippen LogP contribution is -2.23. The largest absolute Gasteiger partial charge is 0.454 e. The topological polar surface area (TPSA) is 112 Å². The lowest BCUT2D eigenvalue weighted by Gasteiger charge is -2.18. The molecule has 0 aromatic carbocycles. The van der Waals surface area contributed by atoms with Crippen LogP contribution in [0.5, 0.6) is 0 Å². The van der Waals surface area contributed by atoms with Gasteiger partial charge in [-0.05, 0) is 49.8 Å². The molecule has 0 bridgehead atoms. The highest BCUT2D eigenvalue weighted by Gasteiger charge is 2.27. The molecule has 0 spiro atoms. The molecule has 8 heteroatoms. The molecule has 26 heavy (non-hydrogen) atoms. The van der Waals surface area contributed by atoms with Crippen molar-refractivity contribution in [3.8, 4) is 0 Å². The lowest BCUT2D eigenvalue weighted by atomic mass is 9.88. The van der Waals surface area contributed by atoms with Gasteiger partial charge in [-0.3, -0.25) is 9.59 Å². The second-order valence-corrected chi connectivity index (χ2v) is 7.56. The number of furan rings is 1.